The molecule has 0 bridgehead atoms. The van der Waals surface area contributed by atoms with Crippen LogP contribution in [-0.2, 0) is 0 Å². The Bertz CT molecular complexity index is 1770. The number of hydrogen-bond donors (Lipinski definition) is 0. The Morgan fingerprint density at radius 3 is 1.97 bits per heavy atom. The van der Waals surface area contributed by atoms with E-state index in [4.69, 9.17) is 4.42 Å². The molecule has 0 atom stereocenters. The molecule has 33 heavy (non-hydrogen) atoms. The summed E-state index contributed by atoms with van der Waals surface area (Å²) in [5.41, 5.74) is 8.90. The van der Waals surface area contributed by atoms with E-state index in [-0.39, 0.29) is 0 Å². The van der Waals surface area contributed by atoms with Crippen LogP contribution in [0.2, 0.25) is 0 Å². The van der Waals surface area contributed by atoms with Crippen molar-refractivity contribution in [3.8, 4) is 16.8 Å². The van der Waals surface area contributed by atoms with Crippen molar-refractivity contribution >= 4 is 43.7 Å². The van der Waals surface area contributed by atoms with Crippen LogP contribution in [0, 0.1) is 6.92 Å². The van der Waals surface area contributed by atoms with E-state index in [1.54, 1.807) is 0 Å². The highest BCUT2D eigenvalue weighted by molar-refractivity contribution is 6.14. The molecule has 7 rings (SSSR count). The molecule has 0 fully saturated rings. The van der Waals surface area contributed by atoms with Crippen molar-refractivity contribution in [2.75, 3.05) is 0 Å². The number of furan rings is 1. The number of fused-ring (bicyclic) bond motifs is 6. The summed E-state index contributed by atoms with van der Waals surface area (Å²) in [5.74, 6) is 0. The molecule has 2 nitrogen and oxygen atoms in total. The summed E-state index contributed by atoms with van der Waals surface area (Å²) < 4.78 is 8.91. The molecule has 2 aromatic heterocycles. The van der Waals surface area contributed by atoms with E-state index in [0.29, 0.717) is 0 Å². The monoisotopic (exact) mass is 423 g/mol. The van der Waals surface area contributed by atoms with Gasteiger partial charge in [-0.3, -0.25) is 0 Å². The summed E-state index contributed by atoms with van der Waals surface area (Å²) in [6.45, 7) is 2.16. The molecule has 2 heteroatoms. The second kappa shape index (κ2) is 6.85. The maximum atomic E-state index is 6.56. The van der Waals surface area contributed by atoms with Crippen molar-refractivity contribution in [3.63, 3.8) is 0 Å². The van der Waals surface area contributed by atoms with E-state index in [1.807, 2.05) is 0 Å². The number of rotatable bonds is 2. The van der Waals surface area contributed by atoms with Gasteiger partial charge in [0.05, 0.1) is 16.7 Å². The molecule has 0 aliphatic carbocycles. The van der Waals surface area contributed by atoms with Crippen LogP contribution in [0.15, 0.2) is 114 Å². The van der Waals surface area contributed by atoms with Crippen LogP contribution in [0.5, 0.6) is 0 Å². The van der Waals surface area contributed by atoms with E-state index in [9.17, 15) is 0 Å². The third kappa shape index (κ3) is 2.61. The molecule has 156 valence electrons. The third-order valence-corrected chi connectivity index (χ3v) is 6.71. The van der Waals surface area contributed by atoms with Gasteiger partial charge in [0.15, 0.2) is 5.58 Å². The second-order valence-corrected chi connectivity index (χ2v) is 8.66. The van der Waals surface area contributed by atoms with Crippen LogP contribution < -0.4 is 0 Å². The minimum Gasteiger partial charge on any atom is -0.454 e. The zero-order chi connectivity index (χ0) is 21.9. The van der Waals surface area contributed by atoms with E-state index >= 15 is 0 Å². The molecular weight excluding hydrogens is 402 g/mol. The highest BCUT2D eigenvalue weighted by Gasteiger charge is 2.19. The normalized spacial score (nSPS) is 11.8. The molecule has 0 aliphatic rings. The standard InChI is InChI=1S/C31H21NO/c1-20-10-9-17-29-30(20)25-18-22(21-11-3-2-4-12-21)19-28(31(25)33-29)32-26-15-7-5-13-23(26)24-14-6-8-16-27(24)32/h2-19H,1H3. The van der Waals surface area contributed by atoms with Crippen molar-refractivity contribution in [3.05, 3.63) is 115 Å². The summed E-state index contributed by atoms with van der Waals surface area (Å²) >= 11 is 0. The Morgan fingerprint density at radius 2 is 1.24 bits per heavy atom. The molecule has 2 heterocycles. The van der Waals surface area contributed by atoms with E-state index in [2.05, 4.69) is 121 Å². The summed E-state index contributed by atoms with van der Waals surface area (Å²) in [7, 11) is 0. The molecule has 0 saturated carbocycles. The lowest BCUT2D eigenvalue weighted by Crippen LogP contribution is -1.95. The van der Waals surface area contributed by atoms with Crippen LogP contribution in [0.4, 0.5) is 0 Å². The van der Waals surface area contributed by atoms with Gasteiger partial charge in [-0.1, -0.05) is 78.9 Å². The Hall–Kier alpha value is -4.30. The van der Waals surface area contributed by atoms with Crippen LogP contribution in [0.25, 0.3) is 60.6 Å². The molecule has 0 saturated heterocycles. The number of para-hydroxylation sites is 2. The van der Waals surface area contributed by atoms with Crippen molar-refractivity contribution in [1.29, 1.82) is 0 Å². The molecule has 0 amide bonds. The van der Waals surface area contributed by atoms with Gasteiger partial charge in [-0.05, 0) is 53.9 Å². The third-order valence-electron chi connectivity index (χ3n) is 6.71. The van der Waals surface area contributed by atoms with Crippen molar-refractivity contribution < 1.29 is 4.42 Å². The van der Waals surface area contributed by atoms with E-state index in [1.165, 1.54) is 43.9 Å². The quantitative estimate of drug-likeness (QED) is 0.272. The van der Waals surface area contributed by atoms with Gasteiger partial charge in [-0.25, -0.2) is 0 Å². The fourth-order valence-electron chi connectivity index (χ4n) is 5.23. The first-order chi connectivity index (χ1) is 16.3. The summed E-state index contributed by atoms with van der Waals surface area (Å²) in [4.78, 5) is 0. The maximum Gasteiger partial charge on any atom is 0.159 e. The first kappa shape index (κ1) is 18.3. The first-order valence-corrected chi connectivity index (χ1v) is 11.3. The zero-order valence-corrected chi connectivity index (χ0v) is 18.2. The predicted molar refractivity (Wildman–Crippen MR) is 138 cm³/mol. The highest BCUT2D eigenvalue weighted by Crippen LogP contribution is 2.41. The van der Waals surface area contributed by atoms with Gasteiger partial charge in [0.1, 0.15) is 5.58 Å². The highest BCUT2D eigenvalue weighted by atomic mass is 16.3. The molecule has 0 unspecified atom stereocenters. The van der Waals surface area contributed by atoms with Crippen molar-refractivity contribution in [2.45, 2.75) is 6.92 Å². The van der Waals surface area contributed by atoms with E-state index < -0.39 is 0 Å². The van der Waals surface area contributed by atoms with Crippen molar-refractivity contribution in [1.82, 2.24) is 4.57 Å². The zero-order valence-electron chi connectivity index (χ0n) is 18.2. The molecule has 5 aromatic carbocycles. The smallest absolute Gasteiger partial charge is 0.159 e. The molecule has 0 aliphatic heterocycles. The SMILES string of the molecule is Cc1cccc2oc3c(-n4c5ccccc5c5ccccc54)cc(-c4ccccc4)cc3c12. The molecule has 0 N–H and O–H groups in total. The summed E-state index contributed by atoms with van der Waals surface area (Å²) in [6, 6.07) is 38.7. The second-order valence-electron chi connectivity index (χ2n) is 8.66. The lowest BCUT2D eigenvalue weighted by molar-refractivity contribution is 0.666. The summed E-state index contributed by atoms with van der Waals surface area (Å²) in [6.07, 6.45) is 0. The van der Waals surface area contributed by atoms with Crippen LogP contribution in [-0.4, -0.2) is 4.57 Å². The number of aryl methyl sites for hydroxylation is 1. The van der Waals surface area contributed by atoms with Gasteiger partial charge in [0, 0.05) is 21.5 Å². The number of hydrogen-bond acceptors (Lipinski definition) is 1. The van der Waals surface area contributed by atoms with Crippen LogP contribution >= 0.6 is 0 Å². The topological polar surface area (TPSA) is 18.1 Å². The molecule has 7 aromatic rings. The molecule has 0 spiro atoms. The Morgan fingerprint density at radius 1 is 0.576 bits per heavy atom. The minimum atomic E-state index is 0.922. The van der Waals surface area contributed by atoms with Gasteiger partial charge in [-0.2, -0.15) is 0 Å². The summed E-state index contributed by atoms with van der Waals surface area (Å²) in [5, 5.41) is 4.84. The average molecular weight is 424 g/mol. The first-order valence-electron chi connectivity index (χ1n) is 11.3. The molecule has 0 radical (unpaired) electrons. The largest absolute Gasteiger partial charge is 0.454 e. The van der Waals surface area contributed by atoms with Crippen LogP contribution in [0.1, 0.15) is 5.56 Å². The fraction of sp³-hybridized carbons (Fsp3) is 0.0323. The lowest BCUT2D eigenvalue weighted by Gasteiger charge is -2.12. The Labute approximate surface area is 191 Å². The maximum absolute atomic E-state index is 6.56. The van der Waals surface area contributed by atoms with Gasteiger partial charge in [0.25, 0.3) is 0 Å². The van der Waals surface area contributed by atoms with Gasteiger partial charge in [-0.15, -0.1) is 0 Å². The van der Waals surface area contributed by atoms with E-state index in [0.717, 1.165) is 22.2 Å². The van der Waals surface area contributed by atoms with Crippen LogP contribution in [0.3, 0.4) is 0 Å². The Balaban J connectivity index is 1.70. The van der Waals surface area contributed by atoms with Crippen molar-refractivity contribution in [2.24, 2.45) is 0 Å². The Kier molecular flexibility index (Phi) is 3.80. The average Bonchev–Trinajstić information content (AvgIpc) is 3.41. The van der Waals surface area contributed by atoms with Gasteiger partial charge < -0.3 is 8.98 Å². The number of nitrogens with zero attached hydrogens (tertiary/aromatic N) is 1. The van der Waals surface area contributed by atoms with Gasteiger partial charge in [0.2, 0.25) is 0 Å². The number of benzene rings is 5. The predicted octanol–water partition coefficient (Wildman–Crippen LogP) is 8.66. The number of aromatic nitrogens is 1. The lowest BCUT2D eigenvalue weighted by atomic mass is 10.00. The fourth-order valence-corrected chi connectivity index (χ4v) is 5.23. The molecular formula is C31H21NO. The van der Waals surface area contributed by atoms with Gasteiger partial charge >= 0.3 is 0 Å². The minimum absolute atomic E-state index is 0.922.